The van der Waals surface area contributed by atoms with E-state index in [-0.39, 0.29) is 0 Å². The zero-order chi connectivity index (χ0) is 6.97. The van der Waals surface area contributed by atoms with Crippen LogP contribution in [0.1, 0.15) is 32.1 Å². The fourth-order valence-electron chi connectivity index (χ4n) is 2.10. The Morgan fingerprint density at radius 2 is 2.10 bits per heavy atom. The van der Waals surface area contributed by atoms with Gasteiger partial charge in [0.05, 0.1) is 0 Å². The van der Waals surface area contributed by atoms with E-state index in [0.29, 0.717) is 11.9 Å². The lowest BCUT2D eigenvalue weighted by Gasteiger charge is -2.29. The molecule has 2 saturated heterocycles. The largest absolute Gasteiger partial charge is 0.340 e. The van der Waals surface area contributed by atoms with Gasteiger partial charge in [0.25, 0.3) is 0 Å². The number of hydrogen-bond donors (Lipinski definition) is 0. The van der Waals surface area contributed by atoms with E-state index in [2.05, 4.69) is 4.90 Å². The fourth-order valence-corrected chi connectivity index (χ4v) is 2.10. The van der Waals surface area contributed by atoms with Gasteiger partial charge >= 0.3 is 0 Å². The summed E-state index contributed by atoms with van der Waals surface area (Å²) in [5.74, 6) is 0.397. The number of amides is 1. The Hall–Kier alpha value is -0.530. The number of rotatable bonds is 0. The zero-order valence-electron chi connectivity index (χ0n) is 6.18. The summed E-state index contributed by atoms with van der Waals surface area (Å²) in [6.07, 6.45) is 5.67. The van der Waals surface area contributed by atoms with Crippen LogP contribution in [0.3, 0.4) is 0 Å². The van der Waals surface area contributed by atoms with Crippen LogP contribution in [0.15, 0.2) is 0 Å². The summed E-state index contributed by atoms with van der Waals surface area (Å²) in [6, 6.07) is 0.626. The average Bonchev–Trinajstić information content (AvgIpc) is 2.36. The quantitative estimate of drug-likeness (QED) is 0.493. The van der Waals surface area contributed by atoms with Gasteiger partial charge in [0.2, 0.25) is 5.91 Å². The first-order valence-electron chi connectivity index (χ1n) is 4.17. The number of fused-ring (bicyclic) bond motifs is 1. The molecule has 2 rings (SSSR count). The Balaban J connectivity index is 2.10. The van der Waals surface area contributed by atoms with Crippen molar-refractivity contribution in [1.82, 2.24) is 4.90 Å². The molecule has 1 amide bonds. The Bertz CT molecular complexity index is 155. The molecule has 0 spiro atoms. The highest BCUT2D eigenvalue weighted by Crippen LogP contribution is 2.26. The predicted molar refractivity (Wildman–Crippen MR) is 38.6 cm³/mol. The first kappa shape index (κ1) is 6.20. The molecule has 0 aromatic carbocycles. The van der Waals surface area contributed by atoms with Crippen molar-refractivity contribution in [2.75, 3.05) is 6.54 Å². The van der Waals surface area contributed by atoms with Crippen molar-refractivity contribution >= 4 is 5.91 Å². The fraction of sp³-hybridized carbons (Fsp3) is 0.875. The van der Waals surface area contributed by atoms with Gasteiger partial charge in [-0.05, 0) is 25.7 Å². The third-order valence-corrected chi connectivity index (χ3v) is 2.63. The second kappa shape index (κ2) is 2.26. The summed E-state index contributed by atoms with van der Waals surface area (Å²) in [5, 5.41) is 0. The molecule has 0 saturated carbocycles. The maximum absolute atomic E-state index is 11.2. The van der Waals surface area contributed by atoms with Crippen molar-refractivity contribution < 1.29 is 4.79 Å². The molecular formula is C8H13NO. The highest BCUT2D eigenvalue weighted by molar-refractivity contribution is 5.77. The third kappa shape index (κ3) is 0.825. The lowest BCUT2D eigenvalue weighted by atomic mass is 10.0. The van der Waals surface area contributed by atoms with E-state index in [4.69, 9.17) is 0 Å². The van der Waals surface area contributed by atoms with Crippen LogP contribution in [0.2, 0.25) is 0 Å². The number of hydrogen-bond acceptors (Lipinski definition) is 1. The van der Waals surface area contributed by atoms with E-state index in [1.54, 1.807) is 0 Å². The molecule has 0 aromatic rings. The maximum atomic E-state index is 11.2. The topological polar surface area (TPSA) is 20.3 Å². The molecule has 2 aliphatic rings. The monoisotopic (exact) mass is 139 g/mol. The first-order chi connectivity index (χ1) is 4.88. The zero-order valence-corrected chi connectivity index (χ0v) is 6.18. The number of nitrogens with zero attached hydrogens (tertiary/aromatic N) is 1. The molecule has 1 atom stereocenters. The van der Waals surface area contributed by atoms with Crippen molar-refractivity contribution in [2.45, 2.75) is 38.1 Å². The summed E-state index contributed by atoms with van der Waals surface area (Å²) in [4.78, 5) is 13.3. The molecule has 56 valence electrons. The summed E-state index contributed by atoms with van der Waals surface area (Å²) in [7, 11) is 0. The van der Waals surface area contributed by atoms with E-state index in [1.165, 1.54) is 19.3 Å². The van der Waals surface area contributed by atoms with Gasteiger partial charge in [-0.1, -0.05) is 0 Å². The van der Waals surface area contributed by atoms with Crippen molar-refractivity contribution in [2.24, 2.45) is 0 Å². The highest BCUT2D eigenvalue weighted by atomic mass is 16.2. The van der Waals surface area contributed by atoms with Crippen LogP contribution in [0.25, 0.3) is 0 Å². The summed E-state index contributed by atoms with van der Waals surface area (Å²) in [5.41, 5.74) is 0. The van der Waals surface area contributed by atoms with Crippen molar-refractivity contribution in [3.8, 4) is 0 Å². The van der Waals surface area contributed by atoms with Crippen molar-refractivity contribution in [1.29, 1.82) is 0 Å². The summed E-state index contributed by atoms with van der Waals surface area (Å²) in [6.45, 7) is 1.03. The predicted octanol–water partition coefficient (Wildman–Crippen LogP) is 1.16. The van der Waals surface area contributed by atoms with E-state index in [0.717, 1.165) is 19.4 Å². The molecule has 0 aliphatic carbocycles. The normalized spacial score (nSPS) is 32.6. The molecule has 2 nitrogen and oxygen atoms in total. The molecule has 0 aromatic heterocycles. The van der Waals surface area contributed by atoms with Crippen LogP contribution < -0.4 is 0 Å². The minimum absolute atomic E-state index is 0.397. The maximum Gasteiger partial charge on any atom is 0.222 e. The standard InChI is InChI=1S/C8H13NO/c10-8-5-1-3-7-4-2-6-9(7)8/h7H,1-6H2. The van der Waals surface area contributed by atoms with Gasteiger partial charge in [-0.3, -0.25) is 4.79 Å². The van der Waals surface area contributed by atoms with Crippen LogP contribution in [0.5, 0.6) is 0 Å². The molecule has 0 N–H and O–H groups in total. The van der Waals surface area contributed by atoms with Gasteiger partial charge in [0.1, 0.15) is 0 Å². The van der Waals surface area contributed by atoms with E-state index < -0.39 is 0 Å². The summed E-state index contributed by atoms with van der Waals surface area (Å²) >= 11 is 0. The lowest BCUT2D eigenvalue weighted by Crippen LogP contribution is -2.38. The van der Waals surface area contributed by atoms with Gasteiger partial charge in [0.15, 0.2) is 0 Å². The van der Waals surface area contributed by atoms with Gasteiger partial charge in [-0.15, -0.1) is 0 Å². The minimum Gasteiger partial charge on any atom is -0.340 e. The molecule has 10 heavy (non-hydrogen) atoms. The van der Waals surface area contributed by atoms with Gasteiger partial charge < -0.3 is 4.90 Å². The van der Waals surface area contributed by atoms with Crippen LogP contribution >= 0.6 is 0 Å². The lowest BCUT2D eigenvalue weighted by molar-refractivity contribution is -0.134. The number of piperidine rings is 1. The van der Waals surface area contributed by atoms with Crippen LogP contribution in [0.4, 0.5) is 0 Å². The SMILES string of the molecule is O=C1CCCC2CCCN12. The molecule has 0 radical (unpaired) electrons. The Morgan fingerprint density at radius 1 is 1.30 bits per heavy atom. The number of carbonyl (C=O) groups is 1. The van der Waals surface area contributed by atoms with E-state index in [9.17, 15) is 4.79 Å². The average molecular weight is 139 g/mol. The van der Waals surface area contributed by atoms with E-state index >= 15 is 0 Å². The third-order valence-electron chi connectivity index (χ3n) is 2.63. The van der Waals surface area contributed by atoms with Crippen LogP contribution in [-0.2, 0) is 4.79 Å². The van der Waals surface area contributed by atoms with Crippen LogP contribution in [0, 0.1) is 0 Å². The Labute approximate surface area is 61.2 Å². The molecule has 2 fully saturated rings. The molecule has 2 heterocycles. The molecular weight excluding hydrogens is 126 g/mol. The van der Waals surface area contributed by atoms with Gasteiger partial charge in [0, 0.05) is 19.0 Å². The molecule has 0 bridgehead atoms. The molecule has 2 aliphatic heterocycles. The van der Waals surface area contributed by atoms with E-state index in [1.807, 2.05) is 0 Å². The first-order valence-corrected chi connectivity index (χ1v) is 4.17. The highest BCUT2D eigenvalue weighted by Gasteiger charge is 2.31. The smallest absolute Gasteiger partial charge is 0.222 e. The minimum atomic E-state index is 0.397. The number of carbonyl (C=O) groups excluding carboxylic acids is 1. The summed E-state index contributed by atoms with van der Waals surface area (Å²) < 4.78 is 0. The van der Waals surface area contributed by atoms with Gasteiger partial charge in [-0.2, -0.15) is 0 Å². The molecule has 2 heteroatoms. The molecule has 1 unspecified atom stereocenters. The van der Waals surface area contributed by atoms with Gasteiger partial charge in [-0.25, -0.2) is 0 Å². The Kier molecular flexibility index (Phi) is 1.40. The second-order valence-corrected chi connectivity index (χ2v) is 3.28. The Morgan fingerprint density at radius 3 is 2.90 bits per heavy atom. The second-order valence-electron chi connectivity index (χ2n) is 3.28. The van der Waals surface area contributed by atoms with Crippen molar-refractivity contribution in [3.63, 3.8) is 0 Å². The van der Waals surface area contributed by atoms with Crippen molar-refractivity contribution in [3.05, 3.63) is 0 Å². The van der Waals surface area contributed by atoms with Crippen LogP contribution in [-0.4, -0.2) is 23.4 Å².